The smallest absolute Gasteiger partial charge is 0.232 e. The van der Waals surface area contributed by atoms with Crippen LogP contribution in [0.25, 0.3) is 0 Å². The Morgan fingerprint density at radius 3 is 2.31 bits per heavy atom. The van der Waals surface area contributed by atoms with Gasteiger partial charge in [0.05, 0.1) is 17.0 Å². The molecule has 0 radical (unpaired) electrons. The first kappa shape index (κ1) is 13.4. The van der Waals surface area contributed by atoms with Gasteiger partial charge in [0.2, 0.25) is 5.91 Å². The summed E-state index contributed by atoms with van der Waals surface area (Å²) in [5.41, 5.74) is 5.61. The van der Waals surface area contributed by atoms with Crippen LogP contribution in [0.5, 0.6) is 0 Å². The number of amides is 1. The van der Waals surface area contributed by atoms with Gasteiger partial charge in [-0.05, 0) is 18.8 Å². The number of thiocarbonyl (C=S) groups is 1. The monoisotopic (exact) mass is 244 g/mol. The molecule has 0 saturated carbocycles. The summed E-state index contributed by atoms with van der Waals surface area (Å²) in [4.78, 5) is 14.2. The fourth-order valence-corrected chi connectivity index (χ4v) is 2.39. The van der Waals surface area contributed by atoms with Crippen molar-refractivity contribution in [3.05, 3.63) is 0 Å². The van der Waals surface area contributed by atoms with Gasteiger partial charge in [-0.3, -0.25) is 4.79 Å². The number of piperidine rings is 1. The van der Waals surface area contributed by atoms with Crippen molar-refractivity contribution in [1.82, 2.24) is 4.90 Å². The molecule has 4 nitrogen and oxygen atoms in total. The first-order chi connectivity index (χ1) is 7.43. The second kappa shape index (κ2) is 5.59. The lowest BCUT2D eigenvalue weighted by atomic mass is 9.93. The van der Waals surface area contributed by atoms with Crippen LogP contribution < -0.4 is 5.73 Å². The van der Waals surface area contributed by atoms with E-state index in [1.807, 2.05) is 13.8 Å². The van der Waals surface area contributed by atoms with E-state index >= 15 is 0 Å². The molecule has 1 fully saturated rings. The summed E-state index contributed by atoms with van der Waals surface area (Å²) in [6, 6.07) is 0. The normalized spacial score (nSPS) is 19.9. The molecule has 16 heavy (non-hydrogen) atoms. The number of hydrogen-bond donors (Lipinski definition) is 2. The molecule has 5 heteroatoms. The molecule has 0 aliphatic carbocycles. The third kappa shape index (κ3) is 3.15. The molecule has 1 aliphatic heterocycles. The van der Waals surface area contributed by atoms with Crippen molar-refractivity contribution in [2.75, 3.05) is 13.1 Å². The molecule has 1 saturated heterocycles. The molecule has 1 amide bonds. The standard InChI is InChI=1S/C11H20N2O2S/c1-7(2)9(10(12)16)11(15)13-5-3-8(14)4-6-13/h7-9,14H,3-6H2,1-2H3,(H2,12,16). The Hall–Kier alpha value is -0.680. The number of nitrogens with two attached hydrogens (primary N) is 1. The lowest BCUT2D eigenvalue weighted by Gasteiger charge is -2.33. The van der Waals surface area contributed by atoms with Gasteiger partial charge in [0.25, 0.3) is 0 Å². The van der Waals surface area contributed by atoms with Gasteiger partial charge in [-0.25, -0.2) is 0 Å². The summed E-state index contributed by atoms with van der Waals surface area (Å²) in [7, 11) is 0. The van der Waals surface area contributed by atoms with Crippen molar-refractivity contribution in [2.45, 2.75) is 32.8 Å². The Labute approximate surface area is 102 Å². The second-order valence-corrected chi connectivity index (χ2v) is 5.15. The van der Waals surface area contributed by atoms with Gasteiger partial charge in [0.15, 0.2) is 0 Å². The maximum Gasteiger partial charge on any atom is 0.232 e. The zero-order valence-corrected chi connectivity index (χ0v) is 10.7. The third-order valence-corrected chi connectivity index (χ3v) is 3.27. The van der Waals surface area contributed by atoms with Crippen LogP contribution >= 0.6 is 12.2 Å². The topological polar surface area (TPSA) is 66.6 Å². The number of aliphatic hydroxyl groups is 1. The highest BCUT2D eigenvalue weighted by Gasteiger charge is 2.31. The van der Waals surface area contributed by atoms with E-state index < -0.39 is 0 Å². The fraction of sp³-hybridized carbons (Fsp3) is 0.818. The Bertz CT molecular complexity index is 273. The zero-order valence-electron chi connectivity index (χ0n) is 9.85. The van der Waals surface area contributed by atoms with E-state index in [1.54, 1.807) is 4.90 Å². The maximum atomic E-state index is 12.2. The van der Waals surface area contributed by atoms with E-state index in [9.17, 15) is 9.90 Å². The fourth-order valence-electron chi connectivity index (χ4n) is 2.02. The molecule has 1 aliphatic rings. The van der Waals surface area contributed by atoms with E-state index in [1.165, 1.54) is 0 Å². The number of nitrogens with zero attached hydrogens (tertiary/aromatic N) is 1. The number of rotatable bonds is 3. The van der Waals surface area contributed by atoms with Crippen molar-refractivity contribution in [3.8, 4) is 0 Å². The minimum Gasteiger partial charge on any atom is -0.393 e. The van der Waals surface area contributed by atoms with Crippen LogP contribution in [-0.2, 0) is 4.79 Å². The molecule has 1 heterocycles. The van der Waals surface area contributed by atoms with E-state index in [0.717, 1.165) is 0 Å². The summed E-state index contributed by atoms with van der Waals surface area (Å²) >= 11 is 4.94. The van der Waals surface area contributed by atoms with Gasteiger partial charge < -0.3 is 15.7 Å². The first-order valence-corrected chi connectivity index (χ1v) is 6.10. The van der Waals surface area contributed by atoms with E-state index in [0.29, 0.717) is 25.9 Å². The average molecular weight is 244 g/mol. The summed E-state index contributed by atoms with van der Waals surface area (Å²) in [5.74, 6) is -0.239. The average Bonchev–Trinajstić information content (AvgIpc) is 2.17. The molecule has 0 aromatic heterocycles. The first-order valence-electron chi connectivity index (χ1n) is 5.69. The quantitative estimate of drug-likeness (QED) is 0.711. The molecular weight excluding hydrogens is 224 g/mol. The molecule has 92 valence electrons. The summed E-state index contributed by atoms with van der Waals surface area (Å²) in [6.07, 6.45) is 1.02. The SMILES string of the molecule is CC(C)C(C(=O)N1CCC(O)CC1)C(N)=S. The van der Waals surface area contributed by atoms with Gasteiger partial charge in [0.1, 0.15) is 0 Å². The van der Waals surface area contributed by atoms with Gasteiger partial charge in [0, 0.05) is 13.1 Å². The number of aliphatic hydroxyl groups excluding tert-OH is 1. The molecule has 1 rings (SSSR count). The van der Waals surface area contributed by atoms with E-state index in [4.69, 9.17) is 18.0 Å². The zero-order chi connectivity index (χ0) is 12.3. The molecule has 3 N–H and O–H groups in total. The minimum absolute atomic E-state index is 0.00870. The van der Waals surface area contributed by atoms with Gasteiger partial charge in [-0.2, -0.15) is 0 Å². The van der Waals surface area contributed by atoms with Crippen molar-refractivity contribution >= 4 is 23.1 Å². The van der Waals surface area contributed by atoms with Crippen molar-refractivity contribution in [1.29, 1.82) is 0 Å². The Morgan fingerprint density at radius 2 is 1.94 bits per heavy atom. The predicted molar refractivity (Wildman–Crippen MR) is 66.9 cm³/mol. The van der Waals surface area contributed by atoms with Crippen molar-refractivity contribution in [3.63, 3.8) is 0 Å². The lowest BCUT2D eigenvalue weighted by molar-refractivity contribution is -0.136. The summed E-state index contributed by atoms with van der Waals surface area (Å²) in [5, 5.41) is 9.38. The lowest BCUT2D eigenvalue weighted by Crippen LogP contribution is -2.47. The molecule has 1 unspecified atom stereocenters. The van der Waals surface area contributed by atoms with Crippen molar-refractivity contribution < 1.29 is 9.90 Å². The van der Waals surface area contributed by atoms with Crippen LogP contribution in [0.1, 0.15) is 26.7 Å². The summed E-state index contributed by atoms with van der Waals surface area (Å²) < 4.78 is 0. The number of hydrogen-bond acceptors (Lipinski definition) is 3. The highest BCUT2D eigenvalue weighted by molar-refractivity contribution is 7.80. The van der Waals surface area contributed by atoms with Crippen LogP contribution in [0.3, 0.4) is 0 Å². The van der Waals surface area contributed by atoms with Gasteiger partial charge in [-0.1, -0.05) is 26.1 Å². The van der Waals surface area contributed by atoms with Gasteiger partial charge in [-0.15, -0.1) is 0 Å². The Kier molecular flexibility index (Phi) is 4.68. The number of likely N-dealkylation sites (tertiary alicyclic amines) is 1. The Morgan fingerprint density at radius 1 is 1.44 bits per heavy atom. The molecule has 0 aromatic rings. The minimum atomic E-state index is -0.370. The largest absolute Gasteiger partial charge is 0.393 e. The molecule has 0 bridgehead atoms. The van der Waals surface area contributed by atoms with Crippen LogP contribution in [0.4, 0.5) is 0 Å². The highest BCUT2D eigenvalue weighted by atomic mass is 32.1. The van der Waals surface area contributed by atoms with E-state index in [-0.39, 0.29) is 28.8 Å². The number of carbonyl (C=O) groups excluding carboxylic acids is 1. The molecule has 1 atom stereocenters. The molecule has 0 aromatic carbocycles. The van der Waals surface area contributed by atoms with Crippen LogP contribution in [-0.4, -0.2) is 40.1 Å². The van der Waals surface area contributed by atoms with Crippen LogP contribution in [0.2, 0.25) is 0 Å². The molecule has 0 spiro atoms. The highest BCUT2D eigenvalue weighted by Crippen LogP contribution is 2.18. The number of carbonyl (C=O) groups is 1. The predicted octanol–water partition coefficient (Wildman–Crippen LogP) is 0.528. The van der Waals surface area contributed by atoms with E-state index in [2.05, 4.69) is 0 Å². The second-order valence-electron chi connectivity index (χ2n) is 4.68. The third-order valence-electron chi connectivity index (χ3n) is 3.02. The van der Waals surface area contributed by atoms with Crippen LogP contribution in [0.15, 0.2) is 0 Å². The molecular formula is C11H20N2O2S. The van der Waals surface area contributed by atoms with Crippen molar-refractivity contribution in [2.24, 2.45) is 17.6 Å². The maximum absolute atomic E-state index is 12.2. The van der Waals surface area contributed by atoms with Crippen LogP contribution in [0, 0.1) is 11.8 Å². The summed E-state index contributed by atoms with van der Waals surface area (Å²) in [6.45, 7) is 5.10. The van der Waals surface area contributed by atoms with Gasteiger partial charge >= 0.3 is 0 Å². The Balaban J connectivity index is 2.65.